The minimum atomic E-state index is 0.197. The van der Waals surface area contributed by atoms with Crippen LogP contribution in [-0.4, -0.2) is 25.4 Å². The molecule has 3 nitrogen and oxygen atoms in total. The number of rotatable bonds is 1. The third kappa shape index (κ3) is 3.80. The Hall–Kier alpha value is -1.22. The molecule has 3 heteroatoms. The molecule has 1 aliphatic heterocycles. The van der Waals surface area contributed by atoms with Crippen LogP contribution in [0.15, 0.2) is 18.2 Å². The zero-order valence-corrected chi connectivity index (χ0v) is 9.32. The molecule has 2 rings (SSSR count). The molecule has 0 saturated carbocycles. The van der Waals surface area contributed by atoms with Crippen LogP contribution in [0.25, 0.3) is 0 Å². The molecule has 1 aromatic rings. The van der Waals surface area contributed by atoms with Crippen molar-refractivity contribution in [2.75, 3.05) is 20.3 Å². The predicted octanol–water partition coefficient (Wildman–Crippen LogP) is 2.51. The molecule has 0 aromatic heterocycles. The normalized spacial score (nSPS) is 14.3. The molecule has 1 heterocycles. The van der Waals surface area contributed by atoms with Gasteiger partial charge in [0.1, 0.15) is 0 Å². The third-order valence-corrected chi connectivity index (χ3v) is 2.22. The van der Waals surface area contributed by atoms with Gasteiger partial charge >= 0.3 is 0 Å². The minimum Gasteiger partial charge on any atom is -0.504 e. The van der Waals surface area contributed by atoms with Crippen LogP contribution in [0.4, 0.5) is 0 Å². The van der Waals surface area contributed by atoms with Crippen LogP contribution in [-0.2, 0) is 4.74 Å². The van der Waals surface area contributed by atoms with Crippen LogP contribution < -0.4 is 4.74 Å². The lowest BCUT2D eigenvalue weighted by Gasteiger charge is -2.04. The van der Waals surface area contributed by atoms with E-state index < -0.39 is 0 Å². The number of ether oxygens (including phenoxy) is 2. The van der Waals surface area contributed by atoms with Crippen molar-refractivity contribution < 1.29 is 14.6 Å². The zero-order valence-electron chi connectivity index (χ0n) is 9.32. The van der Waals surface area contributed by atoms with Gasteiger partial charge in [0.25, 0.3) is 0 Å². The molecule has 0 amide bonds. The second kappa shape index (κ2) is 6.30. The predicted molar refractivity (Wildman–Crippen MR) is 59.4 cm³/mol. The first-order valence-electron chi connectivity index (χ1n) is 5.16. The van der Waals surface area contributed by atoms with Gasteiger partial charge in [0.05, 0.1) is 7.11 Å². The third-order valence-electron chi connectivity index (χ3n) is 2.22. The molecule has 0 atom stereocenters. The molecule has 84 valence electrons. The SMILES string of the molecule is C1CCOC1.COc1c(C)cccc1O. The highest BCUT2D eigenvalue weighted by Gasteiger charge is 2.01. The maximum absolute atomic E-state index is 9.17. The second-order valence-corrected chi connectivity index (χ2v) is 3.45. The van der Waals surface area contributed by atoms with Crippen molar-refractivity contribution in [3.05, 3.63) is 23.8 Å². The zero-order chi connectivity index (χ0) is 11.1. The largest absolute Gasteiger partial charge is 0.504 e. The Balaban J connectivity index is 0.000000187. The molecule has 0 unspecified atom stereocenters. The van der Waals surface area contributed by atoms with Gasteiger partial charge < -0.3 is 14.6 Å². The van der Waals surface area contributed by atoms with E-state index in [0.717, 1.165) is 18.8 Å². The van der Waals surface area contributed by atoms with E-state index in [1.807, 2.05) is 13.0 Å². The van der Waals surface area contributed by atoms with Crippen LogP contribution >= 0.6 is 0 Å². The number of aryl methyl sites for hydroxylation is 1. The van der Waals surface area contributed by atoms with E-state index in [2.05, 4.69) is 0 Å². The van der Waals surface area contributed by atoms with Gasteiger partial charge in [0.2, 0.25) is 0 Å². The number of aromatic hydroxyl groups is 1. The van der Waals surface area contributed by atoms with E-state index in [9.17, 15) is 0 Å². The highest BCUT2D eigenvalue weighted by molar-refractivity contribution is 5.44. The van der Waals surface area contributed by atoms with Crippen LogP contribution in [0.3, 0.4) is 0 Å². The van der Waals surface area contributed by atoms with Crippen molar-refractivity contribution in [2.24, 2.45) is 0 Å². The lowest BCUT2D eigenvalue weighted by Crippen LogP contribution is -1.86. The maximum Gasteiger partial charge on any atom is 0.163 e. The monoisotopic (exact) mass is 210 g/mol. The number of para-hydroxylation sites is 1. The Labute approximate surface area is 90.6 Å². The highest BCUT2D eigenvalue weighted by Crippen LogP contribution is 2.28. The first-order valence-corrected chi connectivity index (χ1v) is 5.16. The average molecular weight is 210 g/mol. The van der Waals surface area contributed by atoms with Crippen molar-refractivity contribution in [1.82, 2.24) is 0 Å². The summed E-state index contributed by atoms with van der Waals surface area (Å²) in [6.07, 6.45) is 2.56. The highest BCUT2D eigenvalue weighted by atomic mass is 16.5. The van der Waals surface area contributed by atoms with Gasteiger partial charge in [-0.15, -0.1) is 0 Å². The lowest BCUT2D eigenvalue weighted by molar-refractivity contribution is 0.198. The van der Waals surface area contributed by atoms with Gasteiger partial charge in [-0.3, -0.25) is 0 Å². The first kappa shape index (κ1) is 11.9. The Kier molecular flexibility index (Phi) is 4.98. The minimum absolute atomic E-state index is 0.197. The summed E-state index contributed by atoms with van der Waals surface area (Å²) >= 11 is 0. The summed E-state index contributed by atoms with van der Waals surface area (Å²) in [5.41, 5.74) is 0.947. The van der Waals surface area contributed by atoms with Crippen molar-refractivity contribution >= 4 is 0 Å². The molecular weight excluding hydrogens is 192 g/mol. The number of hydrogen-bond donors (Lipinski definition) is 1. The Morgan fingerprint density at radius 2 is 1.93 bits per heavy atom. The molecule has 15 heavy (non-hydrogen) atoms. The topological polar surface area (TPSA) is 38.7 Å². The number of benzene rings is 1. The Morgan fingerprint density at radius 1 is 1.27 bits per heavy atom. The van der Waals surface area contributed by atoms with E-state index in [-0.39, 0.29) is 5.75 Å². The van der Waals surface area contributed by atoms with Gasteiger partial charge in [0, 0.05) is 13.2 Å². The lowest BCUT2D eigenvalue weighted by atomic mass is 10.2. The molecule has 1 fully saturated rings. The van der Waals surface area contributed by atoms with Gasteiger partial charge in [-0.25, -0.2) is 0 Å². The molecule has 0 aliphatic carbocycles. The van der Waals surface area contributed by atoms with E-state index in [1.165, 1.54) is 12.8 Å². The summed E-state index contributed by atoms with van der Waals surface area (Å²) in [6.45, 7) is 3.89. The summed E-state index contributed by atoms with van der Waals surface area (Å²) in [6, 6.07) is 5.28. The van der Waals surface area contributed by atoms with Crippen LogP contribution in [0.1, 0.15) is 18.4 Å². The van der Waals surface area contributed by atoms with Crippen LogP contribution in [0.2, 0.25) is 0 Å². The van der Waals surface area contributed by atoms with E-state index in [4.69, 9.17) is 14.6 Å². The van der Waals surface area contributed by atoms with Crippen LogP contribution in [0, 0.1) is 6.92 Å². The molecule has 1 aromatic carbocycles. The molecule has 1 aliphatic rings. The summed E-state index contributed by atoms with van der Waals surface area (Å²) < 4.78 is 9.87. The van der Waals surface area contributed by atoms with Gasteiger partial charge in [-0.05, 0) is 31.4 Å². The molecule has 1 N–H and O–H groups in total. The van der Waals surface area contributed by atoms with Crippen molar-refractivity contribution in [1.29, 1.82) is 0 Å². The Bertz CT molecular complexity index is 265. The molecule has 0 radical (unpaired) electrons. The second-order valence-electron chi connectivity index (χ2n) is 3.45. The summed E-state index contributed by atoms with van der Waals surface area (Å²) in [4.78, 5) is 0. The van der Waals surface area contributed by atoms with E-state index in [1.54, 1.807) is 19.2 Å². The van der Waals surface area contributed by atoms with Crippen LogP contribution in [0.5, 0.6) is 11.5 Å². The van der Waals surface area contributed by atoms with E-state index in [0.29, 0.717) is 5.75 Å². The average Bonchev–Trinajstić information content (AvgIpc) is 2.76. The number of methoxy groups -OCH3 is 1. The van der Waals surface area contributed by atoms with E-state index >= 15 is 0 Å². The van der Waals surface area contributed by atoms with Gasteiger partial charge in [-0.1, -0.05) is 12.1 Å². The standard InChI is InChI=1S/C8H10O2.C4H8O/c1-6-4-3-5-7(9)8(6)10-2;1-2-4-5-3-1/h3-5,9H,1-2H3;1-4H2. The van der Waals surface area contributed by atoms with Crippen molar-refractivity contribution in [3.8, 4) is 11.5 Å². The van der Waals surface area contributed by atoms with Crippen molar-refractivity contribution in [2.45, 2.75) is 19.8 Å². The molecule has 1 saturated heterocycles. The fourth-order valence-electron chi connectivity index (χ4n) is 1.41. The van der Waals surface area contributed by atoms with Gasteiger partial charge in [-0.2, -0.15) is 0 Å². The quantitative estimate of drug-likeness (QED) is 0.774. The smallest absolute Gasteiger partial charge is 0.163 e. The van der Waals surface area contributed by atoms with Crippen molar-refractivity contribution in [3.63, 3.8) is 0 Å². The number of hydrogen-bond acceptors (Lipinski definition) is 3. The molecule has 0 spiro atoms. The summed E-state index contributed by atoms with van der Waals surface area (Å²) in [5.74, 6) is 0.755. The molecular formula is C12H18O3. The summed E-state index contributed by atoms with van der Waals surface area (Å²) in [7, 11) is 1.54. The fraction of sp³-hybridized carbons (Fsp3) is 0.500. The number of phenolic OH excluding ortho intramolecular Hbond substituents is 1. The van der Waals surface area contributed by atoms with Gasteiger partial charge in [0.15, 0.2) is 11.5 Å². The molecule has 0 bridgehead atoms. The number of phenols is 1. The summed E-state index contributed by atoms with van der Waals surface area (Å²) in [5, 5.41) is 9.17. The first-order chi connectivity index (χ1) is 7.25. The fourth-order valence-corrected chi connectivity index (χ4v) is 1.41. The maximum atomic E-state index is 9.17. The Morgan fingerprint density at radius 3 is 2.27 bits per heavy atom.